The number of anilines is 1. The van der Waals surface area contributed by atoms with Crippen LogP contribution in [0.15, 0.2) is 42.5 Å². The molecule has 0 radical (unpaired) electrons. The zero-order chi connectivity index (χ0) is 20.0. The zero-order valence-electron chi connectivity index (χ0n) is 16.2. The fourth-order valence-electron chi connectivity index (χ4n) is 2.67. The van der Waals surface area contributed by atoms with Crippen LogP contribution in [0.1, 0.15) is 16.7 Å². The topological polar surface area (TPSA) is 75.7 Å². The molecule has 0 heterocycles. The molecule has 0 saturated carbocycles. The molecule has 0 atom stereocenters. The van der Waals surface area contributed by atoms with E-state index in [9.17, 15) is 13.2 Å². The van der Waals surface area contributed by atoms with Crippen LogP contribution < -0.4 is 14.4 Å². The second-order valence-corrected chi connectivity index (χ2v) is 8.53. The molecule has 1 N–H and O–H groups in total. The highest BCUT2D eigenvalue weighted by molar-refractivity contribution is 7.92. The summed E-state index contributed by atoms with van der Waals surface area (Å²) in [6, 6.07) is 13.1. The molecule has 0 aliphatic heterocycles. The van der Waals surface area contributed by atoms with Gasteiger partial charge in [0.15, 0.2) is 0 Å². The summed E-state index contributed by atoms with van der Waals surface area (Å²) in [6.07, 6.45) is 1.10. The number of nitrogens with one attached hydrogen (secondary N) is 1. The summed E-state index contributed by atoms with van der Waals surface area (Å²) in [7, 11) is -3.58. The molecule has 0 unspecified atom stereocenters. The van der Waals surface area contributed by atoms with E-state index in [0.29, 0.717) is 12.3 Å². The van der Waals surface area contributed by atoms with E-state index in [4.69, 9.17) is 4.74 Å². The predicted octanol–water partition coefficient (Wildman–Crippen LogP) is 2.57. The van der Waals surface area contributed by atoms with Crippen LogP contribution in [0, 0.1) is 20.8 Å². The summed E-state index contributed by atoms with van der Waals surface area (Å²) in [6.45, 7) is 6.09. The van der Waals surface area contributed by atoms with Gasteiger partial charge in [-0.25, -0.2) is 8.42 Å². The first-order valence-corrected chi connectivity index (χ1v) is 10.5. The molecule has 27 heavy (non-hydrogen) atoms. The van der Waals surface area contributed by atoms with E-state index in [-0.39, 0.29) is 19.0 Å². The van der Waals surface area contributed by atoms with Crippen molar-refractivity contribution < 1.29 is 17.9 Å². The van der Waals surface area contributed by atoms with Crippen LogP contribution in [0.25, 0.3) is 0 Å². The molecule has 2 aromatic carbocycles. The quantitative estimate of drug-likeness (QED) is 0.703. The van der Waals surface area contributed by atoms with E-state index in [1.807, 2.05) is 51.1 Å². The molecule has 6 nitrogen and oxygen atoms in total. The van der Waals surface area contributed by atoms with E-state index in [2.05, 4.69) is 5.32 Å². The zero-order valence-corrected chi connectivity index (χ0v) is 17.0. The van der Waals surface area contributed by atoms with Crippen LogP contribution >= 0.6 is 0 Å². The van der Waals surface area contributed by atoms with E-state index in [1.165, 1.54) is 0 Å². The SMILES string of the molecule is Cc1ccc(OCCNC(=O)CN(c2cc(C)cc(C)c2)S(C)(=O)=O)cc1. The van der Waals surface area contributed by atoms with Crippen molar-refractivity contribution in [3.63, 3.8) is 0 Å². The number of hydrogen-bond acceptors (Lipinski definition) is 4. The van der Waals surface area contributed by atoms with Crippen LogP contribution in [0.2, 0.25) is 0 Å². The van der Waals surface area contributed by atoms with Gasteiger partial charge < -0.3 is 10.1 Å². The first-order chi connectivity index (χ1) is 12.6. The summed E-state index contributed by atoms with van der Waals surface area (Å²) in [5, 5.41) is 2.70. The second kappa shape index (κ2) is 8.90. The molecule has 146 valence electrons. The number of sulfonamides is 1. The molecule has 7 heteroatoms. The van der Waals surface area contributed by atoms with Gasteiger partial charge in [-0.3, -0.25) is 9.10 Å². The molecule has 0 aromatic heterocycles. The number of carbonyl (C=O) groups is 1. The first-order valence-electron chi connectivity index (χ1n) is 8.67. The number of rotatable bonds is 8. The third-order valence-electron chi connectivity index (χ3n) is 3.90. The maximum Gasteiger partial charge on any atom is 0.240 e. The lowest BCUT2D eigenvalue weighted by Gasteiger charge is -2.22. The Morgan fingerprint density at radius 2 is 1.59 bits per heavy atom. The lowest BCUT2D eigenvalue weighted by molar-refractivity contribution is -0.119. The van der Waals surface area contributed by atoms with Crippen molar-refractivity contribution in [2.45, 2.75) is 20.8 Å². The van der Waals surface area contributed by atoms with Gasteiger partial charge in [0.05, 0.1) is 18.5 Å². The van der Waals surface area contributed by atoms with Gasteiger partial charge in [0, 0.05) is 0 Å². The van der Waals surface area contributed by atoms with E-state index in [1.54, 1.807) is 12.1 Å². The maximum absolute atomic E-state index is 12.2. The number of benzene rings is 2. The van der Waals surface area contributed by atoms with E-state index >= 15 is 0 Å². The molecule has 0 spiro atoms. The van der Waals surface area contributed by atoms with Gasteiger partial charge >= 0.3 is 0 Å². The summed E-state index contributed by atoms with van der Waals surface area (Å²) in [5.74, 6) is 0.343. The Balaban J connectivity index is 1.93. The molecule has 1 amide bonds. The smallest absolute Gasteiger partial charge is 0.240 e. The molecule has 0 bridgehead atoms. The fraction of sp³-hybridized carbons (Fsp3) is 0.350. The Hall–Kier alpha value is -2.54. The van der Waals surface area contributed by atoms with Crippen LogP contribution in [-0.2, 0) is 14.8 Å². The third kappa shape index (κ3) is 6.60. The highest BCUT2D eigenvalue weighted by Crippen LogP contribution is 2.21. The van der Waals surface area contributed by atoms with Gasteiger partial charge in [-0.05, 0) is 56.2 Å². The standard InChI is InChI=1S/C20H26N2O4S/c1-15-5-7-19(8-6-15)26-10-9-21-20(23)14-22(27(4,24)25)18-12-16(2)11-17(3)13-18/h5-8,11-13H,9-10,14H2,1-4H3,(H,21,23). The molecule has 0 aliphatic carbocycles. The average molecular weight is 391 g/mol. The number of nitrogens with zero attached hydrogens (tertiary/aromatic N) is 1. The summed E-state index contributed by atoms with van der Waals surface area (Å²) in [4.78, 5) is 12.2. The largest absolute Gasteiger partial charge is 0.492 e. The molecule has 2 rings (SSSR count). The van der Waals surface area contributed by atoms with Gasteiger partial charge in [0.1, 0.15) is 18.9 Å². The van der Waals surface area contributed by atoms with Crippen molar-refractivity contribution in [1.29, 1.82) is 0 Å². The minimum absolute atomic E-state index is 0.272. The Labute approximate surface area is 161 Å². The Morgan fingerprint density at radius 1 is 1.00 bits per heavy atom. The number of aryl methyl sites for hydroxylation is 3. The number of amides is 1. The highest BCUT2D eigenvalue weighted by Gasteiger charge is 2.21. The average Bonchev–Trinajstić information content (AvgIpc) is 2.56. The normalized spacial score (nSPS) is 11.1. The minimum atomic E-state index is -3.58. The van der Waals surface area contributed by atoms with Gasteiger partial charge in [-0.15, -0.1) is 0 Å². The molecular weight excluding hydrogens is 364 g/mol. The summed E-state index contributed by atoms with van der Waals surface area (Å²) >= 11 is 0. The van der Waals surface area contributed by atoms with Crippen molar-refractivity contribution in [2.75, 3.05) is 30.3 Å². The van der Waals surface area contributed by atoms with Crippen molar-refractivity contribution in [3.05, 3.63) is 59.2 Å². The Kier molecular flexibility index (Phi) is 6.85. The van der Waals surface area contributed by atoms with Gasteiger partial charge in [-0.1, -0.05) is 23.8 Å². The number of carbonyl (C=O) groups excluding carboxylic acids is 1. The molecule has 2 aromatic rings. The van der Waals surface area contributed by atoms with Gasteiger partial charge in [0.2, 0.25) is 15.9 Å². The second-order valence-electron chi connectivity index (χ2n) is 6.63. The van der Waals surface area contributed by atoms with Gasteiger partial charge in [0.25, 0.3) is 0 Å². The lowest BCUT2D eigenvalue weighted by atomic mass is 10.1. The third-order valence-corrected chi connectivity index (χ3v) is 5.04. The fourth-order valence-corrected chi connectivity index (χ4v) is 3.51. The Morgan fingerprint density at radius 3 is 2.15 bits per heavy atom. The summed E-state index contributed by atoms with van der Waals surface area (Å²) in [5.41, 5.74) is 3.50. The molecule has 0 fully saturated rings. The van der Waals surface area contributed by atoms with Crippen LogP contribution in [-0.4, -0.2) is 40.3 Å². The monoisotopic (exact) mass is 390 g/mol. The van der Waals surface area contributed by atoms with Gasteiger partial charge in [-0.2, -0.15) is 0 Å². The van der Waals surface area contributed by atoms with Crippen molar-refractivity contribution >= 4 is 21.6 Å². The number of hydrogen-bond donors (Lipinski definition) is 1. The van der Waals surface area contributed by atoms with Crippen LogP contribution in [0.3, 0.4) is 0 Å². The number of ether oxygens (including phenoxy) is 1. The minimum Gasteiger partial charge on any atom is -0.492 e. The highest BCUT2D eigenvalue weighted by atomic mass is 32.2. The predicted molar refractivity (Wildman–Crippen MR) is 108 cm³/mol. The maximum atomic E-state index is 12.2. The lowest BCUT2D eigenvalue weighted by Crippen LogP contribution is -2.41. The van der Waals surface area contributed by atoms with E-state index in [0.717, 1.165) is 33.0 Å². The van der Waals surface area contributed by atoms with E-state index < -0.39 is 10.0 Å². The van der Waals surface area contributed by atoms with Crippen molar-refractivity contribution in [1.82, 2.24) is 5.32 Å². The van der Waals surface area contributed by atoms with Crippen LogP contribution in [0.5, 0.6) is 5.75 Å². The van der Waals surface area contributed by atoms with Crippen LogP contribution in [0.4, 0.5) is 5.69 Å². The van der Waals surface area contributed by atoms with Crippen molar-refractivity contribution in [2.24, 2.45) is 0 Å². The summed E-state index contributed by atoms with van der Waals surface area (Å²) < 4.78 is 31.0. The molecule has 0 saturated heterocycles. The van der Waals surface area contributed by atoms with Crippen molar-refractivity contribution in [3.8, 4) is 5.75 Å². The Bertz CT molecular complexity index is 872. The molecular formula is C20H26N2O4S. The molecule has 0 aliphatic rings. The first kappa shape index (κ1) is 20.8.